The number of rotatable bonds is 5. The molecule has 1 amide bonds. The van der Waals surface area contributed by atoms with Crippen molar-refractivity contribution in [3.8, 4) is 5.75 Å². The molecule has 0 aliphatic carbocycles. The van der Waals surface area contributed by atoms with Gasteiger partial charge in [0, 0.05) is 21.7 Å². The van der Waals surface area contributed by atoms with Crippen LogP contribution in [0.15, 0.2) is 36.4 Å². The maximum atomic E-state index is 12.0. The summed E-state index contributed by atoms with van der Waals surface area (Å²) in [5.74, 6) is -0.258. The van der Waals surface area contributed by atoms with E-state index in [0.717, 1.165) is 11.1 Å². The average Bonchev–Trinajstić information content (AvgIpc) is 2.64. The Morgan fingerprint density at radius 1 is 1.23 bits per heavy atom. The summed E-state index contributed by atoms with van der Waals surface area (Å²) in [5.41, 5.74) is 3.01. The average molecular weight is 376 g/mol. The van der Waals surface area contributed by atoms with Crippen LogP contribution in [0.4, 0.5) is 0 Å². The van der Waals surface area contributed by atoms with Crippen LogP contribution in [-0.2, 0) is 27.5 Å². The number of amides is 1. The van der Waals surface area contributed by atoms with Gasteiger partial charge in [0.05, 0.1) is 6.61 Å². The number of fused-ring (bicyclic) bond motifs is 1. The van der Waals surface area contributed by atoms with Crippen molar-refractivity contribution in [3.63, 3.8) is 0 Å². The molecule has 0 saturated carbocycles. The van der Waals surface area contributed by atoms with E-state index in [4.69, 9.17) is 25.8 Å². The third-order valence-corrected chi connectivity index (χ3v) is 4.07. The van der Waals surface area contributed by atoms with Crippen molar-refractivity contribution in [1.29, 1.82) is 0 Å². The van der Waals surface area contributed by atoms with Gasteiger partial charge in [-0.2, -0.15) is 0 Å². The van der Waals surface area contributed by atoms with Gasteiger partial charge in [-0.05, 0) is 31.2 Å². The first-order valence-corrected chi connectivity index (χ1v) is 8.43. The van der Waals surface area contributed by atoms with E-state index in [9.17, 15) is 9.59 Å². The number of ether oxygens (including phenoxy) is 3. The molecule has 7 heteroatoms. The maximum Gasteiger partial charge on any atom is 0.325 e. The molecule has 2 aromatic carbocycles. The van der Waals surface area contributed by atoms with Gasteiger partial charge in [0.25, 0.3) is 5.91 Å². The first-order valence-electron chi connectivity index (χ1n) is 8.05. The quantitative estimate of drug-likeness (QED) is 0.813. The first kappa shape index (κ1) is 18.2. The minimum absolute atomic E-state index is 0.00211. The lowest BCUT2D eigenvalue weighted by Gasteiger charge is -2.21. The lowest BCUT2D eigenvalue weighted by atomic mass is 10.1. The number of esters is 1. The summed E-state index contributed by atoms with van der Waals surface area (Å²) in [6.07, 6.45) is 0. The number of benzene rings is 2. The van der Waals surface area contributed by atoms with Gasteiger partial charge in [-0.25, -0.2) is 0 Å². The van der Waals surface area contributed by atoms with Gasteiger partial charge in [0.2, 0.25) is 0 Å². The van der Waals surface area contributed by atoms with Crippen LogP contribution in [-0.4, -0.2) is 25.2 Å². The largest absolute Gasteiger partial charge is 0.467 e. The molecule has 6 nitrogen and oxygen atoms in total. The highest BCUT2D eigenvalue weighted by atomic mass is 35.5. The van der Waals surface area contributed by atoms with Crippen LogP contribution in [0.1, 0.15) is 27.0 Å². The molecule has 26 heavy (non-hydrogen) atoms. The molecule has 0 aromatic heterocycles. The molecule has 0 radical (unpaired) electrons. The second kappa shape index (κ2) is 8.21. The zero-order valence-corrected chi connectivity index (χ0v) is 15.0. The van der Waals surface area contributed by atoms with Crippen LogP contribution in [0.2, 0.25) is 5.02 Å². The number of aryl methyl sites for hydroxylation is 1. The Bertz CT molecular complexity index is 819. The molecule has 3 rings (SSSR count). The minimum Gasteiger partial charge on any atom is -0.467 e. The van der Waals surface area contributed by atoms with Crippen molar-refractivity contribution in [2.45, 2.75) is 20.1 Å². The summed E-state index contributed by atoms with van der Waals surface area (Å²) in [6, 6.07) is 10.5. The van der Waals surface area contributed by atoms with Crippen molar-refractivity contribution in [2.75, 3.05) is 13.3 Å². The van der Waals surface area contributed by atoms with E-state index in [2.05, 4.69) is 5.32 Å². The van der Waals surface area contributed by atoms with Crippen LogP contribution < -0.4 is 10.1 Å². The Hall–Kier alpha value is -2.57. The van der Waals surface area contributed by atoms with Gasteiger partial charge in [-0.15, -0.1) is 0 Å². The van der Waals surface area contributed by atoms with Crippen LogP contribution in [0.5, 0.6) is 5.75 Å². The molecule has 0 atom stereocenters. The van der Waals surface area contributed by atoms with Gasteiger partial charge >= 0.3 is 5.97 Å². The van der Waals surface area contributed by atoms with Crippen molar-refractivity contribution in [3.05, 3.63) is 63.7 Å². The molecule has 0 saturated heterocycles. The molecule has 1 aliphatic heterocycles. The lowest BCUT2D eigenvalue weighted by Crippen LogP contribution is -2.30. The van der Waals surface area contributed by atoms with E-state index in [1.54, 1.807) is 24.3 Å². The third kappa shape index (κ3) is 4.53. The highest BCUT2D eigenvalue weighted by molar-refractivity contribution is 6.30. The predicted molar refractivity (Wildman–Crippen MR) is 95.0 cm³/mol. The predicted octanol–water partition coefficient (Wildman–Crippen LogP) is 2.99. The molecular weight excluding hydrogens is 358 g/mol. The number of carbonyl (C=O) groups excluding carboxylic acids is 2. The zero-order chi connectivity index (χ0) is 18.5. The van der Waals surface area contributed by atoms with Gasteiger partial charge in [-0.3, -0.25) is 9.59 Å². The Morgan fingerprint density at radius 3 is 2.77 bits per heavy atom. The molecule has 0 spiro atoms. The number of hydrogen-bond acceptors (Lipinski definition) is 5. The van der Waals surface area contributed by atoms with Crippen molar-refractivity contribution in [1.82, 2.24) is 5.32 Å². The summed E-state index contributed by atoms with van der Waals surface area (Å²) in [5, 5.41) is 3.05. The Kier molecular flexibility index (Phi) is 5.75. The summed E-state index contributed by atoms with van der Waals surface area (Å²) in [4.78, 5) is 23.9. The Balaban J connectivity index is 1.54. The standard InChI is InChI=1S/C19H18ClNO5/c1-12-2-4-13(5-3-12)19(23)21-8-17(22)25-10-15-7-16(20)6-14-9-24-11-26-18(14)15/h2-7H,8-11H2,1H3,(H,21,23). The monoisotopic (exact) mass is 375 g/mol. The lowest BCUT2D eigenvalue weighted by molar-refractivity contribution is -0.143. The molecule has 0 unspecified atom stereocenters. The molecular formula is C19H18ClNO5. The number of hydrogen-bond donors (Lipinski definition) is 1. The van der Waals surface area contributed by atoms with Crippen molar-refractivity contribution >= 4 is 23.5 Å². The van der Waals surface area contributed by atoms with Gasteiger partial charge < -0.3 is 19.5 Å². The molecule has 2 aromatic rings. The molecule has 1 N–H and O–H groups in total. The Morgan fingerprint density at radius 2 is 2.00 bits per heavy atom. The summed E-state index contributed by atoms with van der Waals surface area (Å²) < 4.78 is 15.9. The number of nitrogens with one attached hydrogen (secondary N) is 1. The van der Waals surface area contributed by atoms with Crippen molar-refractivity contribution in [2.24, 2.45) is 0 Å². The molecule has 1 aliphatic rings. The summed E-state index contributed by atoms with van der Waals surface area (Å²) in [7, 11) is 0. The molecule has 0 bridgehead atoms. The van der Waals surface area contributed by atoms with E-state index >= 15 is 0 Å². The minimum atomic E-state index is -0.550. The maximum absolute atomic E-state index is 12.0. The molecule has 1 heterocycles. The van der Waals surface area contributed by atoms with E-state index in [1.165, 1.54) is 0 Å². The second-order valence-corrected chi connectivity index (χ2v) is 6.31. The fraction of sp³-hybridized carbons (Fsp3) is 0.263. The van der Waals surface area contributed by atoms with E-state index < -0.39 is 5.97 Å². The van der Waals surface area contributed by atoms with Gasteiger partial charge in [0.1, 0.15) is 18.9 Å². The first-order chi connectivity index (χ1) is 12.5. The Labute approximate surface area is 156 Å². The van der Waals surface area contributed by atoms with Gasteiger partial charge in [-0.1, -0.05) is 29.3 Å². The topological polar surface area (TPSA) is 73.9 Å². The zero-order valence-electron chi connectivity index (χ0n) is 14.2. The smallest absolute Gasteiger partial charge is 0.325 e. The summed E-state index contributed by atoms with van der Waals surface area (Å²) in [6.45, 7) is 2.25. The van der Waals surface area contributed by atoms with E-state index in [1.807, 2.05) is 19.1 Å². The summed E-state index contributed by atoms with van der Waals surface area (Å²) >= 11 is 6.07. The molecule has 0 fully saturated rings. The van der Waals surface area contributed by atoms with Crippen LogP contribution in [0.3, 0.4) is 0 Å². The number of halogens is 1. The SMILES string of the molecule is Cc1ccc(C(=O)NCC(=O)OCc2cc(Cl)cc3c2OCOC3)cc1. The number of carbonyl (C=O) groups is 2. The van der Waals surface area contributed by atoms with Crippen LogP contribution >= 0.6 is 11.6 Å². The third-order valence-electron chi connectivity index (χ3n) is 3.85. The van der Waals surface area contributed by atoms with Crippen LogP contribution in [0, 0.1) is 6.92 Å². The van der Waals surface area contributed by atoms with Crippen LogP contribution in [0.25, 0.3) is 0 Å². The van der Waals surface area contributed by atoms with E-state index in [-0.39, 0.29) is 25.9 Å². The van der Waals surface area contributed by atoms with E-state index in [0.29, 0.717) is 28.5 Å². The van der Waals surface area contributed by atoms with Gasteiger partial charge in [0.15, 0.2) is 6.79 Å². The second-order valence-electron chi connectivity index (χ2n) is 5.87. The highest BCUT2D eigenvalue weighted by Crippen LogP contribution is 2.32. The highest BCUT2D eigenvalue weighted by Gasteiger charge is 2.18. The fourth-order valence-corrected chi connectivity index (χ4v) is 2.80. The molecule has 136 valence electrons. The normalized spacial score (nSPS) is 12.7. The van der Waals surface area contributed by atoms with Crippen molar-refractivity contribution < 1.29 is 23.8 Å². The fourth-order valence-electron chi connectivity index (χ4n) is 2.53.